The van der Waals surface area contributed by atoms with Crippen molar-refractivity contribution < 1.29 is 4.74 Å². The summed E-state index contributed by atoms with van der Waals surface area (Å²) in [6.45, 7) is 3.55. The third kappa shape index (κ3) is 3.21. The second-order valence-electron chi connectivity index (χ2n) is 5.41. The van der Waals surface area contributed by atoms with E-state index in [0.29, 0.717) is 12.0 Å². The average Bonchev–Trinajstić information content (AvgIpc) is 3.08. The minimum Gasteiger partial charge on any atom is -0.480 e. The molecule has 0 saturated heterocycles. The minimum absolute atomic E-state index is 0.0310. The molecule has 1 aliphatic rings. The number of hydrogen-bond donors (Lipinski definition) is 0. The van der Waals surface area contributed by atoms with Gasteiger partial charge in [0.15, 0.2) is 11.3 Å². The molecule has 1 aromatic heterocycles. The van der Waals surface area contributed by atoms with Crippen LogP contribution in [-0.2, 0) is 11.2 Å². The summed E-state index contributed by atoms with van der Waals surface area (Å²) in [6, 6.07) is 11.4. The molecule has 0 aliphatic carbocycles. The fourth-order valence-corrected chi connectivity index (χ4v) is 3.15. The molecule has 0 bridgehead atoms. The number of rotatable bonds is 3. The lowest BCUT2D eigenvalue weighted by atomic mass is 9.94. The Morgan fingerprint density at radius 1 is 1.17 bits per heavy atom. The summed E-state index contributed by atoms with van der Waals surface area (Å²) < 4.78 is 5.69. The van der Waals surface area contributed by atoms with E-state index in [9.17, 15) is 5.26 Å². The molecular formula is C18H12N4OS. The predicted molar refractivity (Wildman–Crippen MR) is 88.7 cm³/mol. The first-order valence-electron chi connectivity index (χ1n) is 6.99. The van der Waals surface area contributed by atoms with Gasteiger partial charge < -0.3 is 4.74 Å². The quantitative estimate of drug-likeness (QED) is 0.784. The zero-order chi connectivity index (χ0) is 17.7. The smallest absolute Gasteiger partial charge is 0.172 e. The number of nitriles is 4. The second-order valence-corrected chi connectivity index (χ2v) is 6.61. The minimum atomic E-state index is -0.817. The van der Waals surface area contributed by atoms with E-state index in [2.05, 4.69) is 6.07 Å². The van der Waals surface area contributed by atoms with Crippen LogP contribution in [0.1, 0.15) is 23.6 Å². The van der Waals surface area contributed by atoms with Gasteiger partial charge in [0.1, 0.15) is 29.4 Å². The van der Waals surface area contributed by atoms with Crippen molar-refractivity contribution in [1.82, 2.24) is 0 Å². The monoisotopic (exact) mass is 332 g/mol. The van der Waals surface area contributed by atoms with E-state index in [4.69, 9.17) is 20.5 Å². The van der Waals surface area contributed by atoms with Crippen LogP contribution < -0.4 is 0 Å². The molecule has 0 fully saturated rings. The molecule has 0 atom stereocenters. The first-order chi connectivity index (χ1) is 11.5. The molecule has 0 N–H and O–H groups in total. The lowest BCUT2D eigenvalue weighted by molar-refractivity contribution is 0.0954. The summed E-state index contributed by atoms with van der Waals surface area (Å²) in [5, 5.41) is 36.2. The van der Waals surface area contributed by atoms with Crippen molar-refractivity contribution in [2.75, 3.05) is 0 Å². The van der Waals surface area contributed by atoms with Crippen LogP contribution in [0, 0.1) is 45.3 Å². The van der Waals surface area contributed by atoms with Crippen molar-refractivity contribution in [3.63, 3.8) is 0 Å². The van der Waals surface area contributed by atoms with Gasteiger partial charge >= 0.3 is 0 Å². The number of hydrogen-bond acceptors (Lipinski definition) is 6. The van der Waals surface area contributed by atoms with E-state index in [-0.39, 0.29) is 16.9 Å². The molecule has 6 heteroatoms. The van der Waals surface area contributed by atoms with Gasteiger partial charge in [-0.25, -0.2) is 0 Å². The molecule has 1 aromatic rings. The van der Waals surface area contributed by atoms with Crippen LogP contribution in [0.4, 0.5) is 0 Å². The normalized spacial score (nSPS) is 15.3. The van der Waals surface area contributed by atoms with E-state index in [1.165, 1.54) is 11.3 Å². The molecule has 0 spiro atoms. The van der Waals surface area contributed by atoms with Gasteiger partial charge in [-0.15, -0.1) is 11.3 Å². The Labute approximate surface area is 144 Å². The maximum Gasteiger partial charge on any atom is 0.172 e. The van der Waals surface area contributed by atoms with Crippen LogP contribution in [0.2, 0.25) is 0 Å². The van der Waals surface area contributed by atoms with Crippen molar-refractivity contribution in [2.45, 2.75) is 25.9 Å². The largest absolute Gasteiger partial charge is 0.480 e. The maximum atomic E-state index is 9.44. The van der Waals surface area contributed by atoms with Crippen LogP contribution in [0.25, 0.3) is 6.08 Å². The summed E-state index contributed by atoms with van der Waals surface area (Å²) in [5.74, 6) is 0.0310. The van der Waals surface area contributed by atoms with Gasteiger partial charge in [0, 0.05) is 15.3 Å². The highest BCUT2D eigenvalue weighted by Crippen LogP contribution is 2.40. The molecule has 116 valence electrons. The predicted octanol–water partition coefficient (Wildman–Crippen LogP) is 3.76. The lowest BCUT2D eigenvalue weighted by Gasteiger charge is -2.20. The zero-order valence-electron chi connectivity index (χ0n) is 13.1. The fourth-order valence-electron chi connectivity index (χ4n) is 2.30. The lowest BCUT2D eigenvalue weighted by Crippen LogP contribution is -2.20. The molecule has 1 aliphatic heterocycles. The SMILES string of the molecule is CC1(C)OC(=C(C#N)C#N)C(C#N)=C1/C=C/c1ccc(CC#N)s1. The Balaban J connectivity index is 2.47. The van der Waals surface area contributed by atoms with Gasteiger partial charge in [-0.1, -0.05) is 6.08 Å². The summed E-state index contributed by atoms with van der Waals surface area (Å²) >= 11 is 1.49. The Kier molecular flexibility index (Phi) is 4.86. The summed E-state index contributed by atoms with van der Waals surface area (Å²) in [6.07, 6.45) is 3.96. The molecule has 5 nitrogen and oxygen atoms in total. The van der Waals surface area contributed by atoms with Crippen molar-refractivity contribution in [3.8, 4) is 24.3 Å². The van der Waals surface area contributed by atoms with Crippen LogP contribution in [-0.4, -0.2) is 5.60 Å². The van der Waals surface area contributed by atoms with Crippen LogP contribution in [0.15, 0.2) is 40.7 Å². The van der Waals surface area contributed by atoms with Gasteiger partial charge in [-0.05, 0) is 32.1 Å². The number of nitrogens with zero attached hydrogens (tertiary/aromatic N) is 4. The van der Waals surface area contributed by atoms with Crippen molar-refractivity contribution >= 4 is 17.4 Å². The Morgan fingerprint density at radius 3 is 2.46 bits per heavy atom. The molecule has 2 heterocycles. The van der Waals surface area contributed by atoms with E-state index >= 15 is 0 Å². The highest BCUT2D eigenvalue weighted by Gasteiger charge is 2.38. The highest BCUT2D eigenvalue weighted by molar-refractivity contribution is 7.12. The number of ether oxygens (including phenoxy) is 1. The second kappa shape index (κ2) is 6.84. The van der Waals surface area contributed by atoms with Crippen LogP contribution in [0.5, 0.6) is 0 Å². The van der Waals surface area contributed by atoms with Crippen molar-refractivity contribution in [2.24, 2.45) is 0 Å². The third-order valence-corrected chi connectivity index (χ3v) is 4.47. The summed E-state index contributed by atoms with van der Waals surface area (Å²) in [7, 11) is 0. The van der Waals surface area contributed by atoms with E-state index < -0.39 is 5.60 Å². The van der Waals surface area contributed by atoms with Gasteiger partial charge in [0.05, 0.1) is 12.5 Å². The molecule has 0 unspecified atom stereocenters. The molecule has 0 amide bonds. The number of allylic oxidation sites excluding steroid dienone is 2. The Bertz CT molecular complexity index is 917. The fraction of sp³-hybridized carbons (Fsp3) is 0.222. The molecule has 0 radical (unpaired) electrons. The molecule has 24 heavy (non-hydrogen) atoms. The van der Waals surface area contributed by atoms with E-state index in [1.54, 1.807) is 32.1 Å². The standard InChI is InChI=1S/C18H12N4OS/c1-18(2)16(6-5-13-3-4-14(24-13)7-8-19)15(11-22)17(23-18)12(9-20)10-21/h3-6H,7H2,1-2H3/b6-5+. The maximum absolute atomic E-state index is 9.44. The Hall–Kier alpha value is -3.32. The summed E-state index contributed by atoms with van der Waals surface area (Å²) in [5.41, 5.74) is -0.223. The van der Waals surface area contributed by atoms with Crippen molar-refractivity contribution in [1.29, 1.82) is 21.0 Å². The van der Waals surface area contributed by atoms with Crippen LogP contribution >= 0.6 is 11.3 Å². The summed E-state index contributed by atoms with van der Waals surface area (Å²) in [4.78, 5) is 1.91. The Morgan fingerprint density at radius 2 is 1.88 bits per heavy atom. The van der Waals surface area contributed by atoms with Crippen molar-refractivity contribution in [3.05, 3.63) is 50.4 Å². The van der Waals surface area contributed by atoms with Gasteiger partial charge in [0.25, 0.3) is 0 Å². The molecule has 0 saturated carbocycles. The first kappa shape index (κ1) is 17.0. The molecule has 2 rings (SSSR count). The topological polar surface area (TPSA) is 104 Å². The average molecular weight is 332 g/mol. The van der Waals surface area contributed by atoms with Gasteiger partial charge in [0.2, 0.25) is 0 Å². The van der Waals surface area contributed by atoms with E-state index in [1.807, 2.05) is 24.3 Å². The molecular weight excluding hydrogens is 320 g/mol. The number of thiophene rings is 1. The van der Waals surface area contributed by atoms with Gasteiger partial charge in [-0.3, -0.25) is 0 Å². The zero-order valence-corrected chi connectivity index (χ0v) is 13.9. The third-order valence-electron chi connectivity index (χ3n) is 3.41. The first-order valence-corrected chi connectivity index (χ1v) is 7.81. The highest BCUT2D eigenvalue weighted by atomic mass is 32.1. The molecule has 0 aromatic carbocycles. The van der Waals surface area contributed by atoms with Crippen LogP contribution in [0.3, 0.4) is 0 Å². The van der Waals surface area contributed by atoms with E-state index in [0.717, 1.165) is 9.75 Å². The van der Waals surface area contributed by atoms with Gasteiger partial charge in [-0.2, -0.15) is 21.0 Å².